The van der Waals surface area contributed by atoms with Crippen LogP contribution in [0.15, 0.2) is 58.1 Å². The van der Waals surface area contributed by atoms with Crippen LogP contribution < -0.4 is 17.0 Å². The highest BCUT2D eigenvalue weighted by Crippen LogP contribution is 2.09. The summed E-state index contributed by atoms with van der Waals surface area (Å²) < 4.78 is 14.8. The summed E-state index contributed by atoms with van der Waals surface area (Å²) in [5, 5.41) is 4.51. The average Bonchev–Trinajstić information content (AvgIpc) is 2.62. The van der Waals surface area contributed by atoms with E-state index in [0.717, 1.165) is 9.19 Å². The number of benzene rings is 2. The zero-order valence-electron chi connectivity index (χ0n) is 12.9. The molecule has 0 aliphatic rings. The molecule has 0 saturated heterocycles. The van der Waals surface area contributed by atoms with Gasteiger partial charge in [-0.05, 0) is 29.8 Å². The number of hydrogen-bond acceptors (Lipinski definition) is 5. The van der Waals surface area contributed by atoms with Crippen LogP contribution >= 0.6 is 0 Å². The first-order chi connectivity index (χ1) is 12.0. The van der Waals surface area contributed by atoms with Crippen LogP contribution in [0.1, 0.15) is 11.3 Å². The van der Waals surface area contributed by atoms with Crippen LogP contribution in [-0.2, 0) is 6.42 Å². The number of nitrogen functional groups attached to an aromatic ring is 1. The topological polar surface area (TPSA) is 95.3 Å². The molecule has 8 heteroatoms. The minimum absolute atomic E-state index is 0.0449. The van der Waals surface area contributed by atoms with E-state index in [-0.39, 0.29) is 23.7 Å². The first kappa shape index (κ1) is 15.0. The van der Waals surface area contributed by atoms with Crippen molar-refractivity contribution in [2.75, 3.05) is 5.84 Å². The molecule has 7 nitrogen and oxygen atoms in total. The molecular weight excluding hydrogens is 325 g/mol. The lowest BCUT2D eigenvalue weighted by Crippen LogP contribution is -2.37. The number of nitrogens with zero attached hydrogens (tertiary/aromatic N) is 4. The zero-order chi connectivity index (χ0) is 17.6. The van der Waals surface area contributed by atoms with Crippen LogP contribution in [0.3, 0.4) is 0 Å². The molecule has 2 aromatic heterocycles. The largest absolute Gasteiger partial charge is 0.333 e. The smallest absolute Gasteiger partial charge is 0.295 e. The van der Waals surface area contributed by atoms with Crippen molar-refractivity contribution >= 4 is 16.7 Å². The van der Waals surface area contributed by atoms with E-state index in [1.54, 1.807) is 36.4 Å². The summed E-state index contributed by atoms with van der Waals surface area (Å²) in [6, 6.07) is 12.4. The predicted octanol–water partition coefficient (Wildman–Crippen LogP) is 0.848. The number of rotatable bonds is 2. The molecule has 0 bridgehead atoms. The van der Waals surface area contributed by atoms with Gasteiger partial charge in [0.05, 0.1) is 10.9 Å². The molecule has 0 amide bonds. The first-order valence-electron chi connectivity index (χ1n) is 7.48. The Labute approximate surface area is 139 Å². The highest BCUT2D eigenvalue weighted by Gasteiger charge is 2.14. The summed E-state index contributed by atoms with van der Waals surface area (Å²) in [6.07, 6.45) is 0.117. The normalized spacial score (nSPS) is 11.2. The van der Waals surface area contributed by atoms with Crippen LogP contribution in [0.4, 0.5) is 4.39 Å². The Morgan fingerprint density at radius 1 is 1.00 bits per heavy atom. The van der Waals surface area contributed by atoms with Crippen molar-refractivity contribution in [1.29, 1.82) is 0 Å². The molecule has 2 N–H and O–H groups in total. The fourth-order valence-corrected chi connectivity index (χ4v) is 2.66. The fourth-order valence-electron chi connectivity index (χ4n) is 2.66. The molecule has 0 radical (unpaired) electrons. The Morgan fingerprint density at radius 3 is 2.48 bits per heavy atom. The minimum atomic E-state index is -0.563. The molecule has 0 aliphatic heterocycles. The van der Waals surface area contributed by atoms with E-state index in [1.165, 1.54) is 12.1 Å². The molecule has 0 spiro atoms. The van der Waals surface area contributed by atoms with Gasteiger partial charge < -0.3 is 5.84 Å². The lowest BCUT2D eigenvalue weighted by Gasteiger charge is -2.09. The average molecular weight is 337 g/mol. The van der Waals surface area contributed by atoms with Gasteiger partial charge in [-0.15, -0.1) is 0 Å². The van der Waals surface area contributed by atoms with Crippen LogP contribution in [-0.4, -0.2) is 19.3 Å². The summed E-state index contributed by atoms with van der Waals surface area (Å²) in [4.78, 5) is 29.3. The highest BCUT2D eigenvalue weighted by molar-refractivity contribution is 5.78. The Hall–Kier alpha value is -3.55. The monoisotopic (exact) mass is 337 g/mol. The Balaban J connectivity index is 1.97. The number of halogens is 1. The fraction of sp³-hybridized carbons (Fsp3) is 0.0588. The van der Waals surface area contributed by atoms with E-state index < -0.39 is 11.1 Å². The molecule has 2 heterocycles. The van der Waals surface area contributed by atoms with Crippen molar-refractivity contribution in [3.8, 4) is 0 Å². The number of nitrogens with two attached hydrogens (primary N) is 1. The maximum atomic E-state index is 13.0. The van der Waals surface area contributed by atoms with Crippen molar-refractivity contribution in [3.05, 3.63) is 86.3 Å². The highest BCUT2D eigenvalue weighted by atomic mass is 19.1. The van der Waals surface area contributed by atoms with Crippen molar-refractivity contribution in [2.24, 2.45) is 0 Å². The Morgan fingerprint density at radius 2 is 1.72 bits per heavy atom. The van der Waals surface area contributed by atoms with E-state index in [0.29, 0.717) is 16.5 Å². The number of para-hydroxylation sites is 1. The van der Waals surface area contributed by atoms with Gasteiger partial charge in [-0.3, -0.25) is 9.59 Å². The van der Waals surface area contributed by atoms with Gasteiger partial charge in [-0.25, -0.2) is 9.37 Å². The summed E-state index contributed by atoms with van der Waals surface area (Å²) >= 11 is 0. The molecule has 0 saturated carbocycles. The zero-order valence-corrected chi connectivity index (χ0v) is 12.9. The number of hydrogen-bond donors (Lipinski definition) is 1. The standard InChI is InChI=1S/C17H12FN5O2/c18-11-7-5-10(6-8-11)9-14-16(25)22(19)17-20-13-4-2-1-3-12(13)15(24)23(17)21-14/h1-8H,9,19H2. The molecule has 4 aromatic rings. The van der Waals surface area contributed by atoms with Crippen molar-refractivity contribution < 1.29 is 4.39 Å². The third kappa shape index (κ3) is 2.44. The second-order valence-electron chi connectivity index (χ2n) is 5.57. The van der Waals surface area contributed by atoms with E-state index in [1.807, 2.05) is 0 Å². The second kappa shape index (κ2) is 5.52. The molecule has 4 rings (SSSR count). The van der Waals surface area contributed by atoms with Gasteiger partial charge >= 0.3 is 0 Å². The van der Waals surface area contributed by atoms with Crippen molar-refractivity contribution in [1.82, 2.24) is 19.3 Å². The van der Waals surface area contributed by atoms with E-state index >= 15 is 0 Å². The summed E-state index contributed by atoms with van der Waals surface area (Å²) in [6.45, 7) is 0. The minimum Gasteiger partial charge on any atom is -0.333 e. The van der Waals surface area contributed by atoms with Crippen molar-refractivity contribution in [2.45, 2.75) is 6.42 Å². The summed E-state index contributed by atoms with van der Waals surface area (Å²) in [5.41, 5.74) is 0.193. The summed E-state index contributed by atoms with van der Waals surface area (Å²) in [7, 11) is 0. The molecule has 2 aromatic carbocycles. The lowest BCUT2D eigenvalue weighted by molar-refractivity contribution is 0.627. The number of aromatic nitrogens is 4. The lowest BCUT2D eigenvalue weighted by atomic mass is 10.1. The van der Waals surface area contributed by atoms with E-state index in [4.69, 9.17) is 5.84 Å². The van der Waals surface area contributed by atoms with Gasteiger partial charge in [-0.1, -0.05) is 24.3 Å². The maximum Gasteiger partial charge on any atom is 0.295 e. The third-order valence-corrected chi connectivity index (χ3v) is 3.92. The summed E-state index contributed by atoms with van der Waals surface area (Å²) in [5.74, 6) is 5.42. The molecular formula is C17H12FN5O2. The SMILES string of the molecule is Nn1c(=O)c(Cc2ccc(F)cc2)nn2c(=O)c3ccccc3nc12. The van der Waals surface area contributed by atoms with Crippen LogP contribution in [0, 0.1) is 5.82 Å². The number of fused-ring (bicyclic) bond motifs is 2. The van der Waals surface area contributed by atoms with Gasteiger partial charge in [0.1, 0.15) is 11.5 Å². The maximum absolute atomic E-state index is 13.0. The first-order valence-corrected chi connectivity index (χ1v) is 7.48. The van der Waals surface area contributed by atoms with Gasteiger partial charge in [0.2, 0.25) is 0 Å². The van der Waals surface area contributed by atoms with E-state index in [2.05, 4.69) is 10.1 Å². The Bertz CT molecular complexity index is 1230. The molecule has 124 valence electrons. The molecule has 0 aliphatic carbocycles. The second-order valence-corrected chi connectivity index (χ2v) is 5.57. The van der Waals surface area contributed by atoms with Crippen LogP contribution in [0.5, 0.6) is 0 Å². The van der Waals surface area contributed by atoms with Gasteiger partial charge in [0.15, 0.2) is 0 Å². The van der Waals surface area contributed by atoms with Crippen LogP contribution in [0.2, 0.25) is 0 Å². The van der Waals surface area contributed by atoms with Crippen LogP contribution in [0.25, 0.3) is 16.7 Å². The predicted molar refractivity (Wildman–Crippen MR) is 90.4 cm³/mol. The van der Waals surface area contributed by atoms with Gasteiger partial charge in [0, 0.05) is 6.42 Å². The molecule has 0 fully saturated rings. The molecule has 0 unspecified atom stereocenters. The molecule has 25 heavy (non-hydrogen) atoms. The van der Waals surface area contributed by atoms with E-state index in [9.17, 15) is 14.0 Å². The van der Waals surface area contributed by atoms with Crippen molar-refractivity contribution in [3.63, 3.8) is 0 Å². The Kier molecular flexibility index (Phi) is 3.31. The third-order valence-electron chi connectivity index (χ3n) is 3.92. The van der Waals surface area contributed by atoms with Gasteiger partial charge in [-0.2, -0.15) is 14.3 Å². The quantitative estimate of drug-likeness (QED) is 0.432. The van der Waals surface area contributed by atoms with Gasteiger partial charge in [0.25, 0.3) is 16.9 Å². The molecule has 0 atom stereocenters.